The lowest BCUT2D eigenvalue weighted by atomic mass is 10.2. The molecule has 1 rings (SSSR count). The maximum Gasteiger partial charge on any atom is 0.255 e. The predicted molar refractivity (Wildman–Crippen MR) is 72.0 cm³/mol. The number of rotatable bonds is 7. The molecule has 3 N–H and O–H groups in total. The first-order valence-corrected chi connectivity index (χ1v) is 5.96. The molecule has 0 saturated carbocycles. The molecular formula is C13H19N3O3. The molecule has 0 heterocycles. The zero-order valence-electron chi connectivity index (χ0n) is 11.2. The van der Waals surface area contributed by atoms with E-state index in [2.05, 4.69) is 5.32 Å². The van der Waals surface area contributed by atoms with Crippen LogP contribution in [-0.4, -0.2) is 50.5 Å². The maximum atomic E-state index is 12.0. The Morgan fingerprint density at radius 1 is 1.32 bits per heavy atom. The number of hydrogen-bond donors (Lipinski definition) is 2. The smallest absolute Gasteiger partial charge is 0.255 e. The van der Waals surface area contributed by atoms with Crippen molar-refractivity contribution in [2.75, 3.05) is 33.8 Å². The van der Waals surface area contributed by atoms with Crippen LogP contribution in [-0.2, 0) is 4.79 Å². The van der Waals surface area contributed by atoms with E-state index in [0.717, 1.165) is 6.54 Å². The first-order chi connectivity index (χ1) is 9.04. The van der Waals surface area contributed by atoms with Crippen LogP contribution in [0.25, 0.3) is 0 Å². The third-order valence-electron chi connectivity index (χ3n) is 2.53. The molecule has 19 heavy (non-hydrogen) atoms. The van der Waals surface area contributed by atoms with Crippen molar-refractivity contribution in [1.82, 2.24) is 10.2 Å². The van der Waals surface area contributed by atoms with Gasteiger partial charge in [-0.15, -0.1) is 0 Å². The van der Waals surface area contributed by atoms with Crippen LogP contribution in [0.2, 0.25) is 0 Å². The van der Waals surface area contributed by atoms with E-state index in [-0.39, 0.29) is 12.5 Å². The number of likely N-dealkylation sites (N-methyl/N-ethyl adjacent to an activating group) is 2. The highest BCUT2D eigenvalue weighted by molar-refractivity contribution is 5.94. The van der Waals surface area contributed by atoms with Crippen molar-refractivity contribution in [2.45, 2.75) is 0 Å². The van der Waals surface area contributed by atoms with E-state index in [4.69, 9.17) is 10.5 Å². The summed E-state index contributed by atoms with van der Waals surface area (Å²) in [5.41, 5.74) is 5.55. The molecule has 0 aliphatic rings. The Balaban J connectivity index is 2.59. The summed E-state index contributed by atoms with van der Waals surface area (Å²) < 4.78 is 5.12. The second kappa shape index (κ2) is 7.38. The third-order valence-corrected chi connectivity index (χ3v) is 2.53. The zero-order chi connectivity index (χ0) is 14.3. The summed E-state index contributed by atoms with van der Waals surface area (Å²) in [5, 5.41) is 2.98. The number of nitrogens with zero attached hydrogens (tertiary/aromatic N) is 1. The summed E-state index contributed by atoms with van der Waals surface area (Å²) in [6.45, 7) is 1.20. The molecule has 2 amide bonds. The fourth-order valence-corrected chi connectivity index (χ4v) is 1.45. The number of nitrogens with two attached hydrogens (primary N) is 1. The van der Waals surface area contributed by atoms with Crippen molar-refractivity contribution >= 4 is 11.8 Å². The summed E-state index contributed by atoms with van der Waals surface area (Å²) in [5.74, 6) is -0.0862. The van der Waals surface area contributed by atoms with Gasteiger partial charge in [0.2, 0.25) is 0 Å². The topological polar surface area (TPSA) is 84.7 Å². The van der Waals surface area contributed by atoms with Gasteiger partial charge in [0.1, 0.15) is 5.75 Å². The Bertz CT molecular complexity index is 431. The van der Waals surface area contributed by atoms with Gasteiger partial charge in [-0.25, -0.2) is 0 Å². The number of hydrogen-bond acceptors (Lipinski definition) is 4. The van der Waals surface area contributed by atoms with E-state index in [9.17, 15) is 9.59 Å². The Morgan fingerprint density at radius 3 is 2.47 bits per heavy atom. The fraction of sp³-hybridized carbons (Fsp3) is 0.385. The molecule has 0 radical (unpaired) electrons. The molecule has 0 aromatic heterocycles. The van der Waals surface area contributed by atoms with Gasteiger partial charge in [-0.3, -0.25) is 9.59 Å². The van der Waals surface area contributed by atoms with Crippen LogP contribution in [0.4, 0.5) is 0 Å². The largest absolute Gasteiger partial charge is 0.484 e. The Hall–Kier alpha value is -2.08. The van der Waals surface area contributed by atoms with Crippen molar-refractivity contribution < 1.29 is 14.3 Å². The van der Waals surface area contributed by atoms with Gasteiger partial charge in [-0.1, -0.05) is 0 Å². The SMILES string of the molecule is CNCCN(C)C(=O)c1ccc(OCC(N)=O)cc1. The van der Waals surface area contributed by atoms with Gasteiger partial charge in [0, 0.05) is 25.7 Å². The van der Waals surface area contributed by atoms with Gasteiger partial charge < -0.3 is 20.7 Å². The van der Waals surface area contributed by atoms with E-state index in [1.165, 1.54) is 0 Å². The summed E-state index contributed by atoms with van der Waals surface area (Å²) in [7, 11) is 3.58. The molecule has 6 nitrogen and oxygen atoms in total. The lowest BCUT2D eigenvalue weighted by molar-refractivity contribution is -0.119. The molecule has 0 bridgehead atoms. The molecule has 0 aliphatic carbocycles. The minimum absolute atomic E-state index is 0.0586. The maximum absolute atomic E-state index is 12.0. The summed E-state index contributed by atoms with van der Waals surface area (Å²) in [6, 6.07) is 6.60. The van der Waals surface area contributed by atoms with E-state index < -0.39 is 5.91 Å². The van der Waals surface area contributed by atoms with E-state index in [0.29, 0.717) is 17.9 Å². The first-order valence-electron chi connectivity index (χ1n) is 5.96. The highest BCUT2D eigenvalue weighted by Gasteiger charge is 2.10. The van der Waals surface area contributed by atoms with Gasteiger partial charge in [0.25, 0.3) is 11.8 Å². The Labute approximate surface area is 112 Å². The van der Waals surface area contributed by atoms with Gasteiger partial charge in [-0.05, 0) is 31.3 Å². The molecule has 1 aromatic carbocycles. The number of primary amides is 1. The quantitative estimate of drug-likeness (QED) is 0.717. The number of ether oxygens (including phenoxy) is 1. The van der Waals surface area contributed by atoms with Crippen molar-refractivity contribution in [3.8, 4) is 5.75 Å². The number of carbonyl (C=O) groups is 2. The van der Waals surface area contributed by atoms with Crippen molar-refractivity contribution in [1.29, 1.82) is 0 Å². The average molecular weight is 265 g/mol. The van der Waals surface area contributed by atoms with Crippen LogP contribution >= 0.6 is 0 Å². The summed E-state index contributed by atoms with van der Waals surface area (Å²) >= 11 is 0. The lowest BCUT2D eigenvalue weighted by Crippen LogP contribution is -2.32. The van der Waals surface area contributed by atoms with E-state index >= 15 is 0 Å². The normalized spacial score (nSPS) is 10.0. The second-order valence-electron chi connectivity index (χ2n) is 4.11. The minimum atomic E-state index is -0.535. The predicted octanol–water partition coefficient (Wildman–Crippen LogP) is -0.158. The Morgan fingerprint density at radius 2 is 1.95 bits per heavy atom. The van der Waals surface area contributed by atoms with Gasteiger partial charge in [-0.2, -0.15) is 0 Å². The van der Waals surface area contributed by atoms with Crippen LogP contribution < -0.4 is 15.8 Å². The third kappa shape index (κ3) is 4.97. The summed E-state index contributed by atoms with van der Waals surface area (Å²) in [6.07, 6.45) is 0. The van der Waals surface area contributed by atoms with Gasteiger partial charge >= 0.3 is 0 Å². The fourth-order valence-electron chi connectivity index (χ4n) is 1.45. The molecule has 0 spiro atoms. The number of benzene rings is 1. The minimum Gasteiger partial charge on any atom is -0.484 e. The lowest BCUT2D eigenvalue weighted by Gasteiger charge is -2.17. The molecule has 0 aliphatic heterocycles. The van der Waals surface area contributed by atoms with Gasteiger partial charge in [0.15, 0.2) is 6.61 Å². The molecule has 0 unspecified atom stereocenters. The monoisotopic (exact) mass is 265 g/mol. The van der Waals surface area contributed by atoms with Gasteiger partial charge in [0.05, 0.1) is 0 Å². The Kier molecular flexibility index (Phi) is 5.81. The molecule has 6 heteroatoms. The van der Waals surface area contributed by atoms with Crippen LogP contribution in [0.5, 0.6) is 5.75 Å². The van der Waals surface area contributed by atoms with Crippen molar-refractivity contribution in [3.05, 3.63) is 29.8 Å². The van der Waals surface area contributed by atoms with Crippen LogP contribution in [0.1, 0.15) is 10.4 Å². The van der Waals surface area contributed by atoms with Crippen molar-refractivity contribution in [2.24, 2.45) is 5.73 Å². The second-order valence-corrected chi connectivity index (χ2v) is 4.11. The van der Waals surface area contributed by atoms with Crippen LogP contribution in [0.15, 0.2) is 24.3 Å². The summed E-state index contributed by atoms with van der Waals surface area (Å²) in [4.78, 5) is 24.2. The first kappa shape index (κ1) is 15.0. The number of nitrogens with one attached hydrogen (secondary N) is 1. The van der Waals surface area contributed by atoms with Crippen LogP contribution in [0.3, 0.4) is 0 Å². The highest BCUT2D eigenvalue weighted by Crippen LogP contribution is 2.13. The van der Waals surface area contributed by atoms with E-state index in [1.807, 2.05) is 7.05 Å². The van der Waals surface area contributed by atoms with E-state index in [1.54, 1.807) is 36.2 Å². The number of amides is 2. The molecule has 104 valence electrons. The average Bonchev–Trinajstić information content (AvgIpc) is 2.42. The molecular weight excluding hydrogens is 246 g/mol. The molecule has 0 fully saturated rings. The van der Waals surface area contributed by atoms with Crippen molar-refractivity contribution in [3.63, 3.8) is 0 Å². The molecule has 1 aromatic rings. The zero-order valence-corrected chi connectivity index (χ0v) is 11.2. The molecule has 0 saturated heterocycles. The molecule has 0 atom stereocenters. The standard InChI is InChI=1S/C13H19N3O3/c1-15-7-8-16(2)13(18)10-3-5-11(6-4-10)19-9-12(14)17/h3-6,15H,7-9H2,1-2H3,(H2,14,17). The highest BCUT2D eigenvalue weighted by atomic mass is 16.5. The van der Waals surface area contributed by atoms with Crippen LogP contribution in [0, 0.1) is 0 Å². The number of carbonyl (C=O) groups excluding carboxylic acids is 2.